The van der Waals surface area contributed by atoms with Gasteiger partial charge in [-0.2, -0.15) is 0 Å². The van der Waals surface area contributed by atoms with Gasteiger partial charge in [0.05, 0.1) is 0 Å². The van der Waals surface area contributed by atoms with Crippen molar-refractivity contribution in [2.24, 2.45) is 5.73 Å². The topological polar surface area (TPSA) is 38.0 Å². The molecule has 2 nitrogen and oxygen atoms in total. The van der Waals surface area contributed by atoms with Crippen LogP contribution in [-0.2, 0) is 0 Å². The number of benzene rings is 1. The molecule has 0 spiro atoms. The van der Waals surface area contributed by atoms with Gasteiger partial charge in [0.15, 0.2) is 0 Å². The lowest BCUT2D eigenvalue weighted by molar-refractivity contribution is 0.767. The maximum atomic E-state index is 5.63. The van der Waals surface area contributed by atoms with Crippen molar-refractivity contribution in [3.63, 3.8) is 0 Å². The summed E-state index contributed by atoms with van der Waals surface area (Å²) in [6.45, 7) is 1.70. The van der Waals surface area contributed by atoms with Gasteiger partial charge in [-0.1, -0.05) is 22.0 Å². The van der Waals surface area contributed by atoms with E-state index in [0.29, 0.717) is 5.92 Å². The Kier molecular flexibility index (Phi) is 2.07. The van der Waals surface area contributed by atoms with Gasteiger partial charge in [0, 0.05) is 29.2 Å². The number of hydrogen-bond donors (Lipinski definition) is 2. The maximum Gasteiger partial charge on any atom is 0.0388 e. The van der Waals surface area contributed by atoms with Crippen molar-refractivity contribution >= 4 is 21.6 Å². The highest BCUT2D eigenvalue weighted by atomic mass is 79.9. The van der Waals surface area contributed by atoms with Crippen molar-refractivity contribution in [3.05, 3.63) is 28.2 Å². The fraction of sp³-hybridized carbons (Fsp3) is 0.333. The molecule has 1 atom stereocenters. The normalized spacial score (nSPS) is 20.3. The lowest BCUT2D eigenvalue weighted by Gasteiger charge is -2.05. The first-order chi connectivity index (χ1) is 5.81. The molecule has 1 aromatic rings. The second-order valence-electron chi connectivity index (χ2n) is 3.05. The van der Waals surface area contributed by atoms with E-state index in [4.69, 9.17) is 5.73 Å². The van der Waals surface area contributed by atoms with E-state index in [1.54, 1.807) is 0 Å². The lowest BCUT2D eigenvalue weighted by Crippen LogP contribution is -2.13. The van der Waals surface area contributed by atoms with Gasteiger partial charge in [0.1, 0.15) is 0 Å². The van der Waals surface area contributed by atoms with Gasteiger partial charge in [0.2, 0.25) is 0 Å². The Morgan fingerprint density at radius 1 is 1.58 bits per heavy atom. The standard InChI is InChI=1S/C9H11BrN2/c10-7-1-2-8-6(4-11)5-12-9(8)3-7/h1-3,6,12H,4-5,11H2. The average molecular weight is 227 g/mol. The SMILES string of the molecule is NCC1CNc2cc(Br)ccc21. The summed E-state index contributed by atoms with van der Waals surface area (Å²) < 4.78 is 1.12. The van der Waals surface area contributed by atoms with Crippen LogP contribution in [0.25, 0.3) is 0 Å². The molecule has 0 amide bonds. The molecule has 1 aliphatic heterocycles. The van der Waals surface area contributed by atoms with Crippen molar-refractivity contribution in [1.29, 1.82) is 0 Å². The largest absolute Gasteiger partial charge is 0.384 e. The first kappa shape index (κ1) is 8.08. The highest BCUT2D eigenvalue weighted by Gasteiger charge is 2.20. The molecule has 0 saturated carbocycles. The van der Waals surface area contributed by atoms with Crippen LogP contribution < -0.4 is 11.1 Å². The van der Waals surface area contributed by atoms with E-state index in [1.807, 2.05) is 0 Å². The zero-order chi connectivity index (χ0) is 8.55. The molecule has 0 aliphatic carbocycles. The first-order valence-corrected chi connectivity index (χ1v) is 4.84. The molecule has 2 rings (SSSR count). The molecule has 0 radical (unpaired) electrons. The van der Waals surface area contributed by atoms with E-state index in [9.17, 15) is 0 Å². The predicted molar refractivity (Wildman–Crippen MR) is 54.4 cm³/mol. The summed E-state index contributed by atoms with van der Waals surface area (Å²) in [4.78, 5) is 0. The molecule has 0 saturated heterocycles. The molecule has 0 bridgehead atoms. The van der Waals surface area contributed by atoms with Gasteiger partial charge in [-0.25, -0.2) is 0 Å². The van der Waals surface area contributed by atoms with E-state index >= 15 is 0 Å². The summed E-state index contributed by atoms with van der Waals surface area (Å²) in [5, 5.41) is 3.33. The average Bonchev–Trinajstić information content (AvgIpc) is 2.46. The highest BCUT2D eigenvalue weighted by Crippen LogP contribution is 2.32. The molecule has 1 aromatic carbocycles. The van der Waals surface area contributed by atoms with Crippen molar-refractivity contribution in [3.8, 4) is 0 Å². The first-order valence-electron chi connectivity index (χ1n) is 4.04. The Morgan fingerprint density at radius 2 is 2.42 bits per heavy atom. The summed E-state index contributed by atoms with van der Waals surface area (Å²) in [7, 11) is 0. The number of fused-ring (bicyclic) bond motifs is 1. The minimum atomic E-state index is 0.494. The zero-order valence-corrected chi connectivity index (χ0v) is 8.26. The monoisotopic (exact) mass is 226 g/mol. The van der Waals surface area contributed by atoms with Gasteiger partial charge in [-0.3, -0.25) is 0 Å². The Balaban J connectivity index is 2.40. The fourth-order valence-corrected chi connectivity index (χ4v) is 1.95. The third-order valence-corrected chi connectivity index (χ3v) is 2.77. The summed E-state index contributed by atoms with van der Waals surface area (Å²) in [5.41, 5.74) is 8.20. The number of nitrogens with one attached hydrogen (secondary N) is 1. The van der Waals surface area contributed by atoms with Crippen LogP contribution in [0.15, 0.2) is 22.7 Å². The van der Waals surface area contributed by atoms with Gasteiger partial charge in [0.25, 0.3) is 0 Å². The third-order valence-electron chi connectivity index (χ3n) is 2.28. The van der Waals surface area contributed by atoms with Crippen LogP contribution in [0.2, 0.25) is 0 Å². The van der Waals surface area contributed by atoms with E-state index in [1.165, 1.54) is 11.3 Å². The minimum Gasteiger partial charge on any atom is -0.384 e. The summed E-state index contributed by atoms with van der Waals surface area (Å²) in [6, 6.07) is 6.30. The molecule has 3 N–H and O–H groups in total. The number of nitrogens with two attached hydrogens (primary N) is 1. The molecular weight excluding hydrogens is 216 g/mol. The lowest BCUT2D eigenvalue weighted by atomic mass is 10.0. The second-order valence-corrected chi connectivity index (χ2v) is 3.96. The highest BCUT2D eigenvalue weighted by molar-refractivity contribution is 9.10. The van der Waals surface area contributed by atoms with Crippen LogP contribution in [-0.4, -0.2) is 13.1 Å². The molecule has 64 valence electrons. The summed E-state index contributed by atoms with van der Waals surface area (Å²) in [6.07, 6.45) is 0. The van der Waals surface area contributed by atoms with E-state index in [0.717, 1.165) is 17.6 Å². The van der Waals surface area contributed by atoms with Crippen LogP contribution in [0.4, 0.5) is 5.69 Å². The van der Waals surface area contributed by atoms with Gasteiger partial charge in [-0.15, -0.1) is 0 Å². The zero-order valence-electron chi connectivity index (χ0n) is 6.68. The second kappa shape index (κ2) is 3.07. The van der Waals surface area contributed by atoms with Crippen LogP contribution in [0.1, 0.15) is 11.5 Å². The maximum absolute atomic E-state index is 5.63. The van der Waals surface area contributed by atoms with Crippen LogP contribution in [0, 0.1) is 0 Å². The number of hydrogen-bond acceptors (Lipinski definition) is 2. The molecule has 1 aliphatic rings. The fourth-order valence-electron chi connectivity index (χ4n) is 1.59. The quantitative estimate of drug-likeness (QED) is 0.769. The van der Waals surface area contributed by atoms with Crippen LogP contribution >= 0.6 is 15.9 Å². The van der Waals surface area contributed by atoms with Crippen molar-refractivity contribution in [2.45, 2.75) is 5.92 Å². The summed E-state index contributed by atoms with van der Waals surface area (Å²) >= 11 is 3.44. The van der Waals surface area contributed by atoms with E-state index < -0.39 is 0 Å². The van der Waals surface area contributed by atoms with Gasteiger partial charge >= 0.3 is 0 Å². The Labute approximate surface area is 80.3 Å². The molecule has 1 heterocycles. The Morgan fingerprint density at radius 3 is 3.17 bits per heavy atom. The predicted octanol–water partition coefficient (Wildman–Crippen LogP) is 1.92. The minimum absolute atomic E-state index is 0.494. The van der Waals surface area contributed by atoms with Crippen molar-refractivity contribution in [2.75, 3.05) is 18.4 Å². The van der Waals surface area contributed by atoms with Crippen molar-refractivity contribution in [1.82, 2.24) is 0 Å². The smallest absolute Gasteiger partial charge is 0.0388 e. The Bertz CT molecular complexity index is 299. The third kappa shape index (κ3) is 1.23. The van der Waals surface area contributed by atoms with E-state index in [-0.39, 0.29) is 0 Å². The number of rotatable bonds is 1. The molecule has 3 heteroatoms. The number of anilines is 1. The molecule has 1 unspecified atom stereocenters. The molecular formula is C9H11BrN2. The molecule has 0 aromatic heterocycles. The Hall–Kier alpha value is -0.540. The van der Waals surface area contributed by atoms with Gasteiger partial charge in [-0.05, 0) is 17.7 Å². The molecule has 12 heavy (non-hydrogen) atoms. The van der Waals surface area contributed by atoms with Crippen LogP contribution in [0.3, 0.4) is 0 Å². The van der Waals surface area contributed by atoms with Crippen LogP contribution in [0.5, 0.6) is 0 Å². The van der Waals surface area contributed by atoms with Gasteiger partial charge < -0.3 is 11.1 Å². The van der Waals surface area contributed by atoms with E-state index in [2.05, 4.69) is 39.4 Å². The summed E-state index contributed by atoms with van der Waals surface area (Å²) in [5.74, 6) is 0.494. The van der Waals surface area contributed by atoms with Crippen molar-refractivity contribution < 1.29 is 0 Å². The number of halogens is 1. The molecule has 0 fully saturated rings.